The lowest BCUT2D eigenvalue weighted by atomic mass is 10.1. The van der Waals surface area contributed by atoms with Crippen molar-refractivity contribution in [3.8, 4) is 11.4 Å². The van der Waals surface area contributed by atoms with Crippen molar-refractivity contribution in [1.82, 2.24) is 19.8 Å². The molecular weight excluding hydrogens is 428 g/mol. The molecule has 1 fully saturated rings. The van der Waals surface area contributed by atoms with Crippen LogP contribution in [-0.2, 0) is 10.0 Å². The van der Waals surface area contributed by atoms with Gasteiger partial charge in [0.2, 0.25) is 21.7 Å². The fraction of sp³-hybridized carbons (Fsp3) is 0.348. The Hall–Kier alpha value is -3.04. The maximum absolute atomic E-state index is 12.8. The summed E-state index contributed by atoms with van der Waals surface area (Å²) in [6.45, 7) is 5.29. The van der Waals surface area contributed by atoms with E-state index in [9.17, 15) is 13.2 Å². The minimum absolute atomic E-state index is 0.0104. The molecule has 0 spiro atoms. The number of benzene rings is 2. The standard InChI is InChI=1S/C23H26N4O4S/c1-16(2)20(26-32(29,30)19-11-4-3-5-12-19)22-24-21(25-31-22)17-9-8-10-18(15-17)23(28)27-13-6-7-14-27/h3-5,8-12,15-16,20,26H,6-7,13-14H2,1-2H3/t20-/m0/s1. The number of hydrogen-bond donors (Lipinski definition) is 1. The van der Waals surface area contributed by atoms with Gasteiger partial charge in [0.15, 0.2) is 0 Å². The zero-order valence-electron chi connectivity index (χ0n) is 18.1. The highest BCUT2D eigenvalue weighted by Gasteiger charge is 2.29. The molecule has 0 bridgehead atoms. The molecule has 0 radical (unpaired) electrons. The summed E-state index contributed by atoms with van der Waals surface area (Å²) in [6.07, 6.45) is 2.05. The number of rotatable bonds is 7. The van der Waals surface area contributed by atoms with Crippen LogP contribution in [-0.4, -0.2) is 42.5 Å². The Morgan fingerprint density at radius 3 is 2.47 bits per heavy atom. The number of nitrogens with zero attached hydrogens (tertiary/aromatic N) is 3. The van der Waals surface area contributed by atoms with E-state index in [2.05, 4.69) is 14.9 Å². The Balaban J connectivity index is 1.58. The van der Waals surface area contributed by atoms with E-state index >= 15 is 0 Å². The number of likely N-dealkylation sites (tertiary alicyclic amines) is 1. The van der Waals surface area contributed by atoms with Crippen LogP contribution in [0.4, 0.5) is 0 Å². The largest absolute Gasteiger partial charge is 0.339 e. The zero-order valence-corrected chi connectivity index (χ0v) is 18.9. The van der Waals surface area contributed by atoms with E-state index < -0.39 is 16.1 Å². The molecule has 1 atom stereocenters. The predicted octanol–water partition coefficient (Wildman–Crippen LogP) is 3.65. The molecule has 1 aliphatic rings. The Bertz CT molecular complexity index is 1190. The second-order valence-electron chi connectivity index (χ2n) is 8.19. The summed E-state index contributed by atoms with van der Waals surface area (Å²) in [7, 11) is -3.76. The fourth-order valence-electron chi connectivity index (χ4n) is 3.68. The average molecular weight is 455 g/mol. The van der Waals surface area contributed by atoms with Crippen LogP contribution in [0.25, 0.3) is 11.4 Å². The van der Waals surface area contributed by atoms with Gasteiger partial charge in [0.1, 0.15) is 6.04 Å². The second-order valence-corrected chi connectivity index (χ2v) is 9.91. The Morgan fingerprint density at radius 2 is 1.78 bits per heavy atom. The van der Waals surface area contributed by atoms with E-state index in [4.69, 9.17) is 4.52 Å². The van der Waals surface area contributed by atoms with Gasteiger partial charge in [-0.05, 0) is 43.0 Å². The van der Waals surface area contributed by atoms with Crippen molar-refractivity contribution >= 4 is 15.9 Å². The van der Waals surface area contributed by atoms with Gasteiger partial charge < -0.3 is 9.42 Å². The molecule has 1 saturated heterocycles. The van der Waals surface area contributed by atoms with E-state index in [-0.39, 0.29) is 22.6 Å². The molecule has 9 heteroatoms. The van der Waals surface area contributed by atoms with Gasteiger partial charge in [-0.15, -0.1) is 0 Å². The molecule has 168 valence electrons. The number of hydrogen-bond acceptors (Lipinski definition) is 6. The van der Waals surface area contributed by atoms with Crippen molar-refractivity contribution < 1.29 is 17.7 Å². The van der Waals surface area contributed by atoms with Crippen LogP contribution in [0.15, 0.2) is 64.0 Å². The molecule has 0 unspecified atom stereocenters. The Kier molecular flexibility index (Phi) is 6.38. The molecule has 2 heterocycles. The van der Waals surface area contributed by atoms with E-state index in [0.29, 0.717) is 17.0 Å². The zero-order chi connectivity index (χ0) is 22.7. The van der Waals surface area contributed by atoms with Crippen molar-refractivity contribution in [2.45, 2.75) is 37.6 Å². The maximum atomic E-state index is 12.8. The van der Waals surface area contributed by atoms with Crippen LogP contribution in [0.5, 0.6) is 0 Å². The van der Waals surface area contributed by atoms with E-state index in [1.807, 2.05) is 18.7 Å². The summed E-state index contributed by atoms with van der Waals surface area (Å²) in [6, 6.07) is 14.6. The first-order valence-corrected chi connectivity index (χ1v) is 12.1. The average Bonchev–Trinajstić information content (AvgIpc) is 3.50. The predicted molar refractivity (Wildman–Crippen MR) is 119 cm³/mol. The molecule has 0 aliphatic carbocycles. The summed E-state index contributed by atoms with van der Waals surface area (Å²) in [4.78, 5) is 19.2. The fourth-order valence-corrected chi connectivity index (χ4v) is 5.04. The molecule has 3 aromatic rings. The third-order valence-corrected chi connectivity index (χ3v) is 6.93. The van der Waals surface area contributed by atoms with E-state index in [1.165, 1.54) is 12.1 Å². The van der Waals surface area contributed by atoms with Gasteiger partial charge in [-0.25, -0.2) is 8.42 Å². The first kappa shape index (κ1) is 22.2. The quantitative estimate of drug-likeness (QED) is 0.584. The van der Waals surface area contributed by atoms with Gasteiger partial charge in [0.25, 0.3) is 5.91 Å². The van der Waals surface area contributed by atoms with Crippen molar-refractivity contribution in [3.05, 3.63) is 66.1 Å². The van der Waals surface area contributed by atoms with Gasteiger partial charge in [-0.3, -0.25) is 4.79 Å². The van der Waals surface area contributed by atoms with Crippen LogP contribution in [0, 0.1) is 5.92 Å². The molecule has 1 N–H and O–H groups in total. The van der Waals surface area contributed by atoms with E-state index in [1.54, 1.807) is 42.5 Å². The number of aromatic nitrogens is 2. The monoisotopic (exact) mass is 454 g/mol. The first-order chi connectivity index (χ1) is 15.3. The topological polar surface area (TPSA) is 105 Å². The first-order valence-electron chi connectivity index (χ1n) is 10.7. The van der Waals surface area contributed by atoms with Gasteiger partial charge in [-0.2, -0.15) is 9.71 Å². The van der Waals surface area contributed by atoms with Crippen molar-refractivity contribution in [2.75, 3.05) is 13.1 Å². The number of carbonyl (C=O) groups excluding carboxylic acids is 1. The SMILES string of the molecule is CC(C)[C@H](NS(=O)(=O)c1ccccc1)c1nc(-c2cccc(C(=O)N3CCCC3)c2)no1. The number of carbonyl (C=O) groups is 1. The van der Waals surface area contributed by atoms with Crippen molar-refractivity contribution in [3.63, 3.8) is 0 Å². The molecule has 32 heavy (non-hydrogen) atoms. The van der Waals surface area contributed by atoms with E-state index in [0.717, 1.165) is 25.9 Å². The van der Waals surface area contributed by atoms with Crippen LogP contribution in [0.1, 0.15) is 49.0 Å². The highest BCUT2D eigenvalue weighted by Crippen LogP contribution is 2.26. The minimum Gasteiger partial charge on any atom is -0.339 e. The Morgan fingerprint density at radius 1 is 1.06 bits per heavy atom. The number of sulfonamides is 1. The highest BCUT2D eigenvalue weighted by atomic mass is 32.2. The van der Waals surface area contributed by atoms with Gasteiger partial charge in [0.05, 0.1) is 4.90 Å². The lowest BCUT2D eigenvalue weighted by Crippen LogP contribution is -2.32. The summed E-state index contributed by atoms with van der Waals surface area (Å²) >= 11 is 0. The lowest BCUT2D eigenvalue weighted by molar-refractivity contribution is 0.0793. The maximum Gasteiger partial charge on any atom is 0.253 e. The number of nitrogens with one attached hydrogen (secondary N) is 1. The molecule has 1 aromatic heterocycles. The molecule has 1 amide bonds. The molecule has 2 aromatic carbocycles. The molecule has 8 nitrogen and oxygen atoms in total. The molecule has 1 aliphatic heterocycles. The molecule has 4 rings (SSSR count). The smallest absolute Gasteiger partial charge is 0.253 e. The Labute approximate surface area is 187 Å². The third kappa shape index (κ3) is 4.73. The summed E-state index contributed by atoms with van der Waals surface area (Å²) in [5.74, 6) is 0.333. The normalized spacial score (nSPS) is 15.3. The van der Waals surface area contributed by atoms with Crippen LogP contribution < -0.4 is 4.72 Å². The molecule has 0 saturated carbocycles. The van der Waals surface area contributed by atoms with Crippen molar-refractivity contribution in [1.29, 1.82) is 0 Å². The summed E-state index contributed by atoms with van der Waals surface area (Å²) < 4.78 is 33.7. The van der Waals surface area contributed by atoms with Crippen LogP contribution >= 0.6 is 0 Å². The summed E-state index contributed by atoms with van der Waals surface area (Å²) in [5, 5.41) is 4.04. The van der Waals surface area contributed by atoms with Gasteiger partial charge >= 0.3 is 0 Å². The van der Waals surface area contributed by atoms with Crippen LogP contribution in [0.3, 0.4) is 0 Å². The lowest BCUT2D eigenvalue weighted by Gasteiger charge is -2.18. The minimum atomic E-state index is -3.76. The molecular formula is C23H26N4O4S. The van der Waals surface area contributed by atoms with Crippen molar-refractivity contribution in [2.24, 2.45) is 5.92 Å². The number of amides is 1. The van der Waals surface area contributed by atoms with Gasteiger partial charge in [0, 0.05) is 24.2 Å². The van der Waals surface area contributed by atoms with Crippen LogP contribution in [0.2, 0.25) is 0 Å². The third-order valence-electron chi connectivity index (χ3n) is 5.47. The second kappa shape index (κ2) is 9.22. The van der Waals surface area contributed by atoms with Gasteiger partial charge in [-0.1, -0.05) is 49.3 Å². The highest BCUT2D eigenvalue weighted by molar-refractivity contribution is 7.89. The summed E-state index contributed by atoms with van der Waals surface area (Å²) in [5.41, 5.74) is 1.21.